The van der Waals surface area contributed by atoms with Crippen molar-refractivity contribution < 1.29 is 5.11 Å². The van der Waals surface area contributed by atoms with E-state index in [9.17, 15) is 10.4 Å². The zero-order valence-electron chi connectivity index (χ0n) is 12.9. The fraction of sp³-hybridized carbons (Fsp3) is 0.278. The summed E-state index contributed by atoms with van der Waals surface area (Å²) < 4.78 is 3.91. The molecule has 0 aliphatic carbocycles. The predicted octanol–water partition coefficient (Wildman–Crippen LogP) is 2.27. The standard InChI is InChI=1S/C18H15N5O/c19-7-11-8-21-23-6-5-14(18(24)16(11)23)17-13-4-2-1-3-12(13)15-9-20-10-22(15)17/h1-4,8-10,14,17-18,24H,5-6H2/t14?,17-,18?/m0/s1. The lowest BCUT2D eigenvalue weighted by Gasteiger charge is -2.34. The molecule has 0 radical (unpaired) electrons. The van der Waals surface area contributed by atoms with Crippen molar-refractivity contribution in [2.45, 2.75) is 25.1 Å². The number of benzene rings is 1. The Hall–Kier alpha value is -2.91. The molecule has 3 aromatic rings. The molecule has 2 aliphatic rings. The van der Waals surface area contributed by atoms with Crippen LogP contribution in [0.1, 0.15) is 35.4 Å². The highest BCUT2D eigenvalue weighted by atomic mass is 16.3. The number of aliphatic hydroxyl groups is 1. The van der Waals surface area contributed by atoms with Crippen LogP contribution in [0, 0.1) is 17.2 Å². The third-order valence-electron chi connectivity index (χ3n) is 5.29. The molecule has 1 aromatic carbocycles. The van der Waals surface area contributed by atoms with E-state index in [0.717, 1.165) is 12.1 Å². The normalized spacial score (nSPS) is 24.1. The molecule has 0 saturated carbocycles. The van der Waals surface area contributed by atoms with E-state index < -0.39 is 6.10 Å². The molecular weight excluding hydrogens is 302 g/mol. The number of imidazole rings is 1. The molecule has 118 valence electrons. The van der Waals surface area contributed by atoms with Gasteiger partial charge in [0.2, 0.25) is 0 Å². The molecule has 0 spiro atoms. The molecule has 24 heavy (non-hydrogen) atoms. The first kappa shape index (κ1) is 13.5. The molecule has 3 atom stereocenters. The van der Waals surface area contributed by atoms with Gasteiger partial charge < -0.3 is 9.67 Å². The van der Waals surface area contributed by atoms with E-state index in [1.807, 2.05) is 24.7 Å². The average molecular weight is 317 g/mol. The van der Waals surface area contributed by atoms with Crippen LogP contribution >= 0.6 is 0 Å². The van der Waals surface area contributed by atoms with Crippen molar-refractivity contribution in [3.63, 3.8) is 0 Å². The molecule has 0 saturated heterocycles. The van der Waals surface area contributed by atoms with Crippen molar-refractivity contribution in [1.29, 1.82) is 5.26 Å². The summed E-state index contributed by atoms with van der Waals surface area (Å²) in [5, 5.41) is 24.6. The van der Waals surface area contributed by atoms with Gasteiger partial charge in [-0.1, -0.05) is 24.3 Å². The second-order valence-corrected chi connectivity index (χ2v) is 6.39. The van der Waals surface area contributed by atoms with Gasteiger partial charge >= 0.3 is 0 Å². The number of aromatic nitrogens is 4. The predicted molar refractivity (Wildman–Crippen MR) is 85.8 cm³/mol. The Morgan fingerprint density at radius 2 is 2.12 bits per heavy atom. The summed E-state index contributed by atoms with van der Waals surface area (Å²) in [6.07, 6.45) is 5.34. The summed E-state index contributed by atoms with van der Waals surface area (Å²) in [4.78, 5) is 4.29. The zero-order valence-corrected chi connectivity index (χ0v) is 12.9. The van der Waals surface area contributed by atoms with Crippen LogP contribution in [-0.2, 0) is 6.54 Å². The smallest absolute Gasteiger partial charge is 0.103 e. The monoisotopic (exact) mass is 317 g/mol. The van der Waals surface area contributed by atoms with Crippen LogP contribution in [0.2, 0.25) is 0 Å². The molecule has 1 N–H and O–H groups in total. The van der Waals surface area contributed by atoms with Gasteiger partial charge in [0, 0.05) is 18.0 Å². The number of nitrogens with zero attached hydrogens (tertiary/aromatic N) is 5. The van der Waals surface area contributed by atoms with Crippen LogP contribution in [-0.4, -0.2) is 24.4 Å². The van der Waals surface area contributed by atoms with Gasteiger partial charge in [-0.15, -0.1) is 0 Å². The van der Waals surface area contributed by atoms with Crippen LogP contribution in [0.5, 0.6) is 0 Å². The van der Waals surface area contributed by atoms with E-state index in [4.69, 9.17) is 0 Å². The summed E-state index contributed by atoms with van der Waals surface area (Å²) in [5.74, 6) is -0.0158. The largest absolute Gasteiger partial charge is 0.386 e. The van der Waals surface area contributed by atoms with Gasteiger partial charge in [0.25, 0.3) is 0 Å². The van der Waals surface area contributed by atoms with Crippen molar-refractivity contribution in [3.8, 4) is 17.3 Å². The van der Waals surface area contributed by atoms with Crippen LogP contribution in [0.15, 0.2) is 43.0 Å². The maximum Gasteiger partial charge on any atom is 0.103 e. The maximum absolute atomic E-state index is 11.0. The van der Waals surface area contributed by atoms with Gasteiger partial charge in [0.1, 0.15) is 12.2 Å². The Morgan fingerprint density at radius 3 is 3.00 bits per heavy atom. The van der Waals surface area contributed by atoms with Crippen LogP contribution in [0.4, 0.5) is 0 Å². The summed E-state index contributed by atoms with van der Waals surface area (Å²) in [6.45, 7) is 0.710. The number of hydrogen-bond donors (Lipinski definition) is 1. The Bertz CT molecular complexity index is 979. The van der Waals surface area contributed by atoms with E-state index in [-0.39, 0.29) is 12.0 Å². The van der Waals surface area contributed by atoms with Gasteiger partial charge in [0.15, 0.2) is 0 Å². The first-order valence-electron chi connectivity index (χ1n) is 8.04. The number of aliphatic hydroxyl groups excluding tert-OH is 1. The molecule has 6 heteroatoms. The van der Waals surface area contributed by atoms with Gasteiger partial charge in [-0.05, 0) is 12.0 Å². The minimum Gasteiger partial charge on any atom is -0.386 e. The number of aryl methyl sites for hydroxylation is 1. The highest BCUT2D eigenvalue weighted by Crippen LogP contribution is 2.49. The number of nitriles is 1. The first-order chi connectivity index (χ1) is 11.8. The molecule has 0 amide bonds. The lowest BCUT2D eigenvalue weighted by atomic mass is 9.82. The Kier molecular flexibility index (Phi) is 2.70. The molecule has 2 aliphatic heterocycles. The van der Waals surface area contributed by atoms with Crippen molar-refractivity contribution in [2.75, 3.05) is 0 Å². The van der Waals surface area contributed by atoms with Crippen molar-refractivity contribution in [1.82, 2.24) is 19.3 Å². The minimum absolute atomic E-state index is 0.0158. The second-order valence-electron chi connectivity index (χ2n) is 6.39. The van der Waals surface area contributed by atoms with E-state index in [1.165, 1.54) is 11.1 Å². The van der Waals surface area contributed by atoms with Gasteiger partial charge in [-0.25, -0.2) is 4.98 Å². The quantitative estimate of drug-likeness (QED) is 0.746. The number of hydrogen-bond acceptors (Lipinski definition) is 4. The SMILES string of the molecule is N#Cc1cnn2c1C(O)C([C@@H]1c3ccccc3-c3cncn31)CC2. The Balaban J connectivity index is 1.64. The molecule has 0 fully saturated rings. The molecule has 4 heterocycles. The van der Waals surface area contributed by atoms with Crippen molar-refractivity contribution >= 4 is 0 Å². The van der Waals surface area contributed by atoms with Crippen molar-refractivity contribution in [3.05, 3.63) is 59.8 Å². The second kappa shape index (κ2) is 4.79. The summed E-state index contributed by atoms with van der Waals surface area (Å²) in [6, 6.07) is 10.5. The summed E-state index contributed by atoms with van der Waals surface area (Å²) >= 11 is 0. The van der Waals surface area contributed by atoms with E-state index in [0.29, 0.717) is 17.8 Å². The average Bonchev–Trinajstić information content (AvgIpc) is 3.29. The fourth-order valence-electron chi connectivity index (χ4n) is 4.24. The highest BCUT2D eigenvalue weighted by molar-refractivity contribution is 5.69. The number of rotatable bonds is 1. The molecule has 2 unspecified atom stereocenters. The highest BCUT2D eigenvalue weighted by Gasteiger charge is 2.41. The number of fused-ring (bicyclic) bond motifs is 4. The maximum atomic E-state index is 11.0. The minimum atomic E-state index is -0.720. The van der Waals surface area contributed by atoms with Gasteiger partial charge in [-0.3, -0.25) is 4.68 Å². The zero-order chi connectivity index (χ0) is 16.3. The van der Waals surface area contributed by atoms with Crippen molar-refractivity contribution in [2.24, 2.45) is 5.92 Å². The molecule has 2 aromatic heterocycles. The lowest BCUT2D eigenvalue weighted by Crippen LogP contribution is -2.31. The summed E-state index contributed by atoms with van der Waals surface area (Å²) in [5.41, 5.74) is 4.57. The third-order valence-corrected chi connectivity index (χ3v) is 5.29. The molecular formula is C18H15N5O. The molecule has 5 rings (SSSR count). The first-order valence-corrected chi connectivity index (χ1v) is 8.04. The molecule has 0 bridgehead atoms. The van der Waals surface area contributed by atoms with Gasteiger partial charge in [0.05, 0.1) is 41.7 Å². The van der Waals surface area contributed by atoms with Crippen LogP contribution < -0.4 is 0 Å². The Morgan fingerprint density at radius 1 is 1.25 bits per heavy atom. The van der Waals surface area contributed by atoms with Crippen LogP contribution in [0.25, 0.3) is 11.3 Å². The summed E-state index contributed by atoms with van der Waals surface area (Å²) in [7, 11) is 0. The Labute approximate surface area is 138 Å². The third kappa shape index (κ3) is 1.62. The fourth-order valence-corrected chi connectivity index (χ4v) is 4.24. The lowest BCUT2D eigenvalue weighted by molar-refractivity contribution is 0.0523. The van der Waals surface area contributed by atoms with E-state index >= 15 is 0 Å². The van der Waals surface area contributed by atoms with Crippen LogP contribution in [0.3, 0.4) is 0 Å². The molecule has 6 nitrogen and oxygen atoms in total. The van der Waals surface area contributed by atoms with Gasteiger partial charge in [-0.2, -0.15) is 10.4 Å². The topological polar surface area (TPSA) is 79.7 Å². The van der Waals surface area contributed by atoms with E-state index in [1.54, 1.807) is 10.9 Å². The van der Waals surface area contributed by atoms with E-state index in [2.05, 4.69) is 32.9 Å².